The first-order valence-electron chi connectivity index (χ1n) is 6.53. The Balaban J connectivity index is 1.90. The van der Waals surface area contributed by atoms with E-state index in [1.165, 1.54) is 0 Å². The number of carboxylic acids is 1. The van der Waals surface area contributed by atoms with E-state index in [4.69, 9.17) is 5.11 Å². The number of rotatable bonds is 6. The van der Waals surface area contributed by atoms with Gasteiger partial charge in [-0.25, -0.2) is 4.79 Å². The molecule has 0 saturated heterocycles. The molecule has 2 aromatic carbocycles. The summed E-state index contributed by atoms with van der Waals surface area (Å²) in [4.78, 5) is 10.9. The molecule has 0 aliphatic rings. The fourth-order valence-corrected chi connectivity index (χ4v) is 2.48. The van der Waals surface area contributed by atoms with E-state index >= 15 is 0 Å². The number of aliphatic hydroxyl groups is 1. The van der Waals surface area contributed by atoms with E-state index in [9.17, 15) is 9.90 Å². The molecule has 1 atom stereocenters. The van der Waals surface area contributed by atoms with Crippen LogP contribution in [-0.4, -0.2) is 22.7 Å². The first-order valence-corrected chi connectivity index (χ1v) is 7.32. The smallest absolute Gasteiger partial charge is 0.335 e. The molecule has 3 N–H and O–H groups in total. The molecule has 0 unspecified atom stereocenters. The second-order valence-electron chi connectivity index (χ2n) is 4.67. The third-order valence-corrected chi connectivity index (χ3v) is 3.88. The number of aliphatic hydroxyl groups excluding tert-OH is 1. The molecule has 21 heavy (non-hydrogen) atoms. The van der Waals surface area contributed by atoms with Gasteiger partial charge in [0.1, 0.15) is 0 Å². The Morgan fingerprint density at radius 3 is 2.52 bits per heavy atom. The zero-order valence-corrected chi connectivity index (χ0v) is 12.9. The average molecular weight is 350 g/mol. The number of carboxylic acid groups (broad SMARTS) is 1. The van der Waals surface area contributed by atoms with Crippen molar-refractivity contribution < 1.29 is 15.0 Å². The van der Waals surface area contributed by atoms with Gasteiger partial charge < -0.3 is 15.5 Å². The van der Waals surface area contributed by atoms with Crippen molar-refractivity contribution in [2.45, 2.75) is 12.6 Å². The van der Waals surface area contributed by atoms with Crippen LogP contribution in [0.3, 0.4) is 0 Å². The summed E-state index contributed by atoms with van der Waals surface area (Å²) in [6.07, 6.45) is -0.566. The summed E-state index contributed by atoms with van der Waals surface area (Å²) in [6.45, 7) is 0.974. The highest BCUT2D eigenvalue weighted by Gasteiger charge is 2.09. The highest BCUT2D eigenvalue weighted by molar-refractivity contribution is 9.10. The summed E-state index contributed by atoms with van der Waals surface area (Å²) in [5.41, 5.74) is 2.06. The van der Waals surface area contributed by atoms with Gasteiger partial charge in [-0.1, -0.05) is 52.3 Å². The Labute approximate surface area is 131 Å². The van der Waals surface area contributed by atoms with Gasteiger partial charge in [0, 0.05) is 17.6 Å². The molecule has 0 bridgehead atoms. The first-order chi connectivity index (χ1) is 10.1. The number of hydrogen-bond donors (Lipinski definition) is 3. The summed E-state index contributed by atoms with van der Waals surface area (Å²) < 4.78 is 0.740. The molecular formula is C16H16BrNO3. The highest BCUT2D eigenvalue weighted by Crippen LogP contribution is 2.19. The maximum Gasteiger partial charge on any atom is 0.335 e. The van der Waals surface area contributed by atoms with Crippen LogP contribution in [0.25, 0.3) is 0 Å². The lowest BCUT2D eigenvalue weighted by atomic mass is 10.1. The lowest BCUT2D eigenvalue weighted by Gasteiger charge is -2.13. The zero-order valence-electron chi connectivity index (χ0n) is 11.3. The Morgan fingerprint density at radius 1 is 1.19 bits per heavy atom. The molecule has 0 aliphatic heterocycles. The lowest BCUT2D eigenvalue weighted by Crippen LogP contribution is -2.21. The number of benzene rings is 2. The third-order valence-electron chi connectivity index (χ3n) is 3.14. The van der Waals surface area contributed by atoms with Crippen molar-refractivity contribution in [1.82, 2.24) is 5.32 Å². The Bertz CT molecular complexity index is 616. The maximum atomic E-state index is 10.9. The first kappa shape index (κ1) is 15.7. The predicted molar refractivity (Wildman–Crippen MR) is 84.2 cm³/mol. The number of hydrogen-bond acceptors (Lipinski definition) is 3. The van der Waals surface area contributed by atoms with Gasteiger partial charge in [-0.05, 0) is 23.3 Å². The van der Waals surface area contributed by atoms with Crippen molar-refractivity contribution >= 4 is 21.9 Å². The SMILES string of the molecule is O=C(O)c1ccc(CNC[C@@H](O)c2ccccc2)c(Br)c1. The standard InChI is InChI=1S/C16H16BrNO3/c17-14-8-12(16(20)21)6-7-13(14)9-18-10-15(19)11-4-2-1-3-5-11/h1-8,15,18-19H,9-10H2,(H,20,21)/t15-/m1/s1. The van der Waals surface area contributed by atoms with Gasteiger partial charge in [0.15, 0.2) is 0 Å². The quantitative estimate of drug-likeness (QED) is 0.749. The zero-order chi connectivity index (χ0) is 15.2. The van der Waals surface area contributed by atoms with E-state index in [0.29, 0.717) is 13.1 Å². The van der Waals surface area contributed by atoms with Crippen molar-refractivity contribution in [3.05, 3.63) is 69.7 Å². The molecule has 0 fully saturated rings. The summed E-state index contributed by atoms with van der Waals surface area (Å²) >= 11 is 3.36. The summed E-state index contributed by atoms with van der Waals surface area (Å²) in [5, 5.41) is 22.1. The molecule has 2 rings (SSSR count). The highest BCUT2D eigenvalue weighted by atomic mass is 79.9. The number of carbonyl (C=O) groups is 1. The van der Waals surface area contributed by atoms with Crippen molar-refractivity contribution in [2.24, 2.45) is 0 Å². The number of aromatic carboxylic acids is 1. The summed E-state index contributed by atoms with van der Waals surface area (Å²) in [6, 6.07) is 14.3. The molecular weight excluding hydrogens is 334 g/mol. The van der Waals surface area contributed by atoms with Crippen LogP contribution in [0.15, 0.2) is 53.0 Å². The van der Waals surface area contributed by atoms with Crippen molar-refractivity contribution in [3.63, 3.8) is 0 Å². The molecule has 110 valence electrons. The fraction of sp³-hybridized carbons (Fsp3) is 0.188. The molecule has 0 aliphatic carbocycles. The minimum atomic E-state index is -0.949. The van der Waals surface area contributed by atoms with Crippen molar-refractivity contribution in [1.29, 1.82) is 0 Å². The largest absolute Gasteiger partial charge is 0.478 e. The molecule has 0 spiro atoms. The molecule has 0 saturated carbocycles. The van der Waals surface area contributed by atoms with E-state index in [-0.39, 0.29) is 5.56 Å². The summed E-state index contributed by atoms with van der Waals surface area (Å²) in [5.74, 6) is -0.949. The Kier molecular flexibility index (Phi) is 5.50. The van der Waals surface area contributed by atoms with Gasteiger partial charge >= 0.3 is 5.97 Å². The molecule has 5 heteroatoms. The third kappa shape index (κ3) is 4.39. The van der Waals surface area contributed by atoms with E-state index in [1.54, 1.807) is 18.2 Å². The van der Waals surface area contributed by atoms with Gasteiger partial charge in [0.25, 0.3) is 0 Å². The monoisotopic (exact) mass is 349 g/mol. The van der Waals surface area contributed by atoms with E-state index in [0.717, 1.165) is 15.6 Å². The van der Waals surface area contributed by atoms with Gasteiger partial charge in [-0.3, -0.25) is 0 Å². The molecule has 0 aromatic heterocycles. The van der Waals surface area contributed by atoms with Gasteiger partial charge in [-0.2, -0.15) is 0 Å². The fourth-order valence-electron chi connectivity index (χ4n) is 1.96. The Morgan fingerprint density at radius 2 is 1.90 bits per heavy atom. The molecule has 4 nitrogen and oxygen atoms in total. The lowest BCUT2D eigenvalue weighted by molar-refractivity contribution is 0.0697. The van der Waals surface area contributed by atoms with Crippen molar-refractivity contribution in [3.8, 4) is 0 Å². The summed E-state index contributed by atoms with van der Waals surface area (Å²) in [7, 11) is 0. The average Bonchev–Trinajstić information content (AvgIpc) is 2.49. The van der Waals surface area contributed by atoms with E-state index in [1.807, 2.05) is 30.3 Å². The van der Waals surface area contributed by atoms with Crippen LogP contribution in [0.1, 0.15) is 27.6 Å². The van der Waals surface area contributed by atoms with E-state index < -0.39 is 12.1 Å². The number of nitrogens with one attached hydrogen (secondary N) is 1. The Hall–Kier alpha value is -1.69. The topological polar surface area (TPSA) is 69.6 Å². The molecule has 0 heterocycles. The van der Waals surface area contributed by atoms with Crippen LogP contribution in [-0.2, 0) is 6.54 Å². The van der Waals surface area contributed by atoms with Crippen LogP contribution in [0.5, 0.6) is 0 Å². The van der Waals surface area contributed by atoms with Gasteiger partial charge in [0.2, 0.25) is 0 Å². The van der Waals surface area contributed by atoms with Crippen LogP contribution >= 0.6 is 15.9 Å². The number of halogens is 1. The predicted octanol–water partition coefficient (Wildman–Crippen LogP) is 2.97. The van der Waals surface area contributed by atoms with Gasteiger partial charge in [0.05, 0.1) is 11.7 Å². The molecule has 0 radical (unpaired) electrons. The minimum Gasteiger partial charge on any atom is -0.478 e. The maximum absolute atomic E-state index is 10.9. The van der Waals surface area contributed by atoms with E-state index in [2.05, 4.69) is 21.2 Å². The second kappa shape index (κ2) is 7.36. The second-order valence-corrected chi connectivity index (χ2v) is 5.52. The molecule has 0 amide bonds. The van der Waals surface area contributed by atoms with Gasteiger partial charge in [-0.15, -0.1) is 0 Å². The normalized spacial score (nSPS) is 12.1. The van der Waals surface area contributed by atoms with Crippen LogP contribution in [0, 0.1) is 0 Å². The molecule has 2 aromatic rings. The van der Waals surface area contributed by atoms with Crippen LogP contribution in [0.4, 0.5) is 0 Å². The van der Waals surface area contributed by atoms with Crippen molar-refractivity contribution in [2.75, 3.05) is 6.54 Å². The van der Waals surface area contributed by atoms with Crippen LogP contribution in [0.2, 0.25) is 0 Å². The minimum absolute atomic E-state index is 0.245. The van der Waals surface area contributed by atoms with Crippen LogP contribution < -0.4 is 5.32 Å².